The van der Waals surface area contributed by atoms with Crippen LogP contribution in [0.5, 0.6) is 11.5 Å². The number of fused-ring (bicyclic) bond motifs is 1. The molecule has 126 valence electrons. The van der Waals surface area contributed by atoms with Crippen LogP contribution in [0.2, 0.25) is 0 Å². The molecule has 1 N–H and O–H groups in total. The van der Waals surface area contributed by atoms with Gasteiger partial charge < -0.3 is 19.7 Å². The number of methoxy groups -OCH3 is 1. The normalized spacial score (nSPS) is 16.6. The lowest BCUT2D eigenvalue weighted by Crippen LogP contribution is -2.44. The molecule has 3 rings (SSSR count). The second-order valence-corrected chi connectivity index (χ2v) is 6.05. The molecule has 0 bridgehead atoms. The summed E-state index contributed by atoms with van der Waals surface area (Å²) in [4.78, 5) is 14.5. The zero-order chi connectivity index (χ0) is 17.3. The molecule has 24 heavy (non-hydrogen) atoms. The molecule has 0 unspecified atom stereocenters. The molecular weight excluding hydrogens is 304 g/mol. The van der Waals surface area contributed by atoms with Crippen LogP contribution in [0.3, 0.4) is 0 Å². The third-order valence-electron chi connectivity index (χ3n) is 4.06. The standard InChI is InChI=1S/C19H22N2O3/c1-12(2)24-17-14(9-7-11-16(17)23-4)18-20-19(22)13-8-5-6-10-15(13)21(18)3/h5-12,18H,1-4H3,(H,20,22)/t18-/m1/s1. The molecule has 1 amide bonds. The van der Waals surface area contributed by atoms with Crippen molar-refractivity contribution in [2.75, 3.05) is 19.1 Å². The van der Waals surface area contributed by atoms with Crippen molar-refractivity contribution in [3.63, 3.8) is 0 Å². The molecule has 1 aliphatic rings. The van der Waals surface area contributed by atoms with Gasteiger partial charge in [0.05, 0.1) is 24.5 Å². The predicted octanol–water partition coefficient (Wildman–Crippen LogP) is 3.36. The highest BCUT2D eigenvalue weighted by molar-refractivity contribution is 6.02. The van der Waals surface area contributed by atoms with Crippen LogP contribution in [0.15, 0.2) is 42.5 Å². The van der Waals surface area contributed by atoms with E-state index in [0.29, 0.717) is 17.1 Å². The van der Waals surface area contributed by atoms with Crippen molar-refractivity contribution in [2.45, 2.75) is 26.1 Å². The number of para-hydroxylation sites is 2. The van der Waals surface area contributed by atoms with Crippen LogP contribution in [0.1, 0.15) is 35.9 Å². The van der Waals surface area contributed by atoms with E-state index in [-0.39, 0.29) is 18.2 Å². The lowest BCUT2D eigenvalue weighted by atomic mass is 10.0. The molecule has 5 heteroatoms. The summed E-state index contributed by atoms with van der Waals surface area (Å²) in [6.45, 7) is 3.93. The Bertz CT molecular complexity index is 758. The Balaban J connectivity index is 2.08. The van der Waals surface area contributed by atoms with E-state index in [1.807, 2.05) is 68.3 Å². The number of hydrogen-bond acceptors (Lipinski definition) is 4. The van der Waals surface area contributed by atoms with Gasteiger partial charge >= 0.3 is 0 Å². The Kier molecular flexibility index (Phi) is 4.34. The number of nitrogens with zero attached hydrogens (tertiary/aromatic N) is 1. The second kappa shape index (κ2) is 6.43. The fourth-order valence-corrected chi connectivity index (χ4v) is 2.97. The lowest BCUT2D eigenvalue weighted by molar-refractivity contribution is 0.0927. The summed E-state index contributed by atoms with van der Waals surface area (Å²) >= 11 is 0. The Morgan fingerprint density at radius 2 is 1.88 bits per heavy atom. The van der Waals surface area contributed by atoms with Crippen LogP contribution < -0.4 is 19.7 Å². The average molecular weight is 326 g/mol. The van der Waals surface area contributed by atoms with Crippen LogP contribution in [0, 0.1) is 0 Å². The smallest absolute Gasteiger partial charge is 0.255 e. The number of nitrogens with one attached hydrogen (secondary N) is 1. The van der Waals surface area contributed by atoms with Gasteiger partial charge in [0.25, 0.3) is 5.91 Å². The SMILES string of the molecule is COc1cccc([C@@H]2NC(=O)c3ccccc3N2C)c1OC(C)C. The predicted molar refractivity (Wildman–Crippen MR) is 93.8 cm³/mol. The van der Waals surface area contributed by atoms with Gasteiger partial charge in [0, 0.05) is 12.6 Å². The summed E-state index contributed by atoms with van der Waals surface area (Å²) in [6, 6.07) is 13.3. The number of hydrogen-bond donors (Lipinski definition) is 1. The monoisotopic (exact) mass is 326 g/mol. The van der Waals surface area contributed by atoms with Gasteiger partial charge in [-0.05, 0) is 32.0 Å². The molecule has 0 fully saturated rings. The van der Waals surface area contributed by atoms with Crippen molar-refractivity contribution >= 4 is 11.6 Å². The first-order valence-corrected chi connectivity index (χ1v) is 7.99. The first-order valence-electron chi connectivity index (χ1n) is 7.99. The molecule has 2 aromatic rings. The molecule has 0 saturated heterocycles. The van der Waals surface area contributed by atoms with E-state index >= 15 is 0 Å². The van der Waals surface area contributed by atoms with E-state index in [0.717, 1.165) is 11.3 Å². The summed E-state index contributed by atoms with van der Waals surface area (Å²) < 4.78 is 11.4. The van der Waals surface area contributed by atoms with Gasteiger partial charge in [-0.15, -0.1) is 0 Å². The largest absolute Gasteiger partial charge is 0.493 e. The maximum Gasteiger partial charge on any atom is 0.255 e. The summed E-state index contributed by atoms with van der Waals surface area (Å²) in [7, 11) is 3.58. The zero-order valence-corrected chi connectivity index (χ0v) is 14.4. The fraction of sp³-hybridized carbons (Fsp3) is 0.316. The number of amides is 1. The van der Waals surface area contributed by atoms with Crippen molar-refractivity contribution in [1.29, 1.82) is 0 Å². The third-order valence-corrected chi connectivity index (χ3v) is 4.06. The highest BCUT2D eigenvalue weighted by Gasteiger charge is 2.32. The van der Waals surface area contributed by atoms with E-state index in [1.165, 1.54) is 0 Å². The minimum Gasteiger partial charge on any atom is -0.493 e. The maximum atomic E-state index is 12.5. The molecule has 0 saturated carbocycles. The Hall–Kier alpha value is -2.69. The quantitative estimate of drug-likeness (QED) is 0.936. The van der Waals surface area contributed by atoms with E-state index < -0.39 is 0 Å². The fourth-order valence-electron chi connectivity index (χ4n) is 2.97. The summed E-state index contributed by atoms with van der Waals surface area (Å²) in [5.41, 5.74) is 2.43. The highest BCUT2D eigenvalue weighted by Crippen LogP contribution is 2.40. The van der Waals surface area contributed by atoms with Crippen molar-refractivity contribution in [3.8, 4) is 11.5 Å². The maximum absolute atomic E-state index is 12.5. The zero-order valence-electron chi connectivity index (χ0n) is 14.4. The number of benzene rings is 2. The summed E-state index contributed by atoms with van der Waals surface area (Å²) in [6.07, 6.45) is -0.326. The minimum atomic E-state index is -0.323. The molecule has 1 aliphatic heterocycles. The van der Waals surface area contributed by atoms with Crippen molar-refractivity contribution in [1.82, 2.24) is 5.32 Å². The summed E-state index contributed by atoms with van der Waals surface area (Å²) in [5.74, 6) is 1.22. The average Bonchev–Trinajstić information content (AvgIpc) is 2.58. The Labute approximate surface area is 142 Å². The topological polar surface area (TPSA) is 50.8 Å². The molecule has 1 heterocycles. The van der Waals surface area contributed by atoms with Gasteiger partial charge in [-0.25, -0.2) is 0 Å². The van der Waals surface area contributed by atoms with Gasteiger partial charge in [-0.2, -0.15) is 0 Å². The number of carbonyl (C=O) groups is 1. The molecule has 5 nitrogen and oxygen atoms in total. The summed E-state index contributed by atoms with van der Waals surface area (Å²) in [5, 5.41) is 3.06. The van der Waals surface area contributed by atoms with E-state index in [2.05, 4.69) is 5.32 Å². The molecular formula is C19H22N2O3. The molecule has 0 aromatic heterocycles. The molecule has 0 spiro atoms. The first kappa shape index (κ1) is 16.2. The first-order chi connectivity index (χ1) is 11.5. The number of carbonyl (C=O) groups excluding carboxylic acids is 1. The number of rotatable bonds is 4. The Morgan fingerprint density at radius 3 is 2.58 bits per heavy atom. The van der Waals surface area contributed by atoms with Gasteiger partial charge in [0.1, 0.15) is 6.17 Å². The van der Waals surface area contributed by atoms with Gasteiger partial charge in [0.2, 0.25) is 0 Å². The number of anilines is 1. The van der Waals surface area contributed by atoms with Crippen LogP contribution in [0.4, 0.5) is 5.69 Å². The molecule has 1 atom stereocenters. The van der Waals surface area contributed by atoms with Crippen LogP contribution in [-0.4, -0.2) is 26.2 Å². The second-order valence-electron chi connectivity index (χ2n) is 6.05. The van der Waals surface area contributed by atoms with E-state index in [1.54, 1.807) is 7.11 Å². The minimum absolute atomic E-state index is 0.00284. The molecule has 0 aliphatic carbocycles. The van der Waals surface area contributed by atoms with Gasteiger partial charge in [-0.3, -0.25) is 4.79 Å². The van der Waals surface area contributed by atoms with E-state index in [9.17, 15) is 4.79 Å². The lowest BCUT2D eigenvalue weighted by Gasteiger charge is -2.37. The van der Waals surface area contributed by atoms with Crippen LogP contribution >= 0.6 is 0 Å². The van der Waals surface area contributed by atoms with Gasteiger partial charge in [-0.1, -0.05) is 24.3 Å². The highest BCUT2D eigenvalue weighted by atomic mass is 16.5. The third kappa shape index (κ3) is 2.77. The van der Waals surface area contributed by atoms with E-state index in [4.69, 9.17) is 9.47 Å². The van der Waals surface area contributed by atoms with Crippen molar-refractivity contribution in [2.24, 2.45) is 0 Å². The van der Waals surface area contributed by atoms with Crippen molar-refractivity contribution in [3.05, 3.63) is 53.6 Å². The van der Waals surface area contributed by atoms with Crippen molar-refractivity contribution < 1.29 is 14.3 Å². The van der Waals surface area contributed by atoms with Crippen LogP contribution in [-0.2, 0) is 0 Å². The van der Waals surface area contributed by atoms with Crippen LogP contribution in [0.25, 0.3) is 0 Å². The number of ether oxygens (including phenoxy) is 2. The Morgan fingerprint density at radius 1 is 1.12 bits per heavy atom. The molecule has 0 radical (unpaired) electrons. The van der Waals surface area contributed by atoms with Gasteiger partial charge in [0.15, 0.2) is 11.5 Å². The molecule has 2 aromatic carbocycles.